The van der Waals surface area contributed by atoms with Crippen molar-refractivity contribution in [3.8, 4) is 0 Å². The summed E-state index contributed by atoms with van der Waals surface area (Å²) in [7, 11) is 0. The van der Waals surface area contributed by atoms with Crippen molar-refractivity contribution in [1.82, 2.24) is 10.6 Å². The number of nitrogens with two attached hydrogens (primary N) is 1. The van der Waals surface area contributed by atoms with Gasteiger partial charge in [0.15, 0.2) is 0 Å². The molecule has 0 spiro atoms. The maximum Gasteiger partial charge on any atom is 0.283 e. The number of nitro benzene ring substituents is 1. The number of nitrogens with zero attached hydrogens (tertiary/aromatic N) is 1. The van der Waals surface area contributed by atoms with E-state index in [0.717, 1.165) is 23.4 Å². The molecule has 0 aromatic heterocycles. The van der Waals surface area contributed by atoms with E-state index in [1.807, 2.05) is 30.3 Å². The van der Waals surface area contributed by atoms with Crippen LogP contribution in [0.25, 0.3) is 0 Å². The summed E-state index contributed by atoms with van der Waals surface area (Å²) in [4.78, 5) is 45.6. The number of benzene rings is 2. The van der Waals surface area contributed by atoms with E-state index in [-0.39, 0.29) is 34.4 Å². The Morgan fingerprint density at radius 2 is 1.76 bits per heavy atom. The molecule has 0 atom stereocenters. The average molecular weight is 416 g/mol. The van der Waals surface area contributed by atoms with Gasteiger partial charge in [-0.1, -0.05) is 30.3 Å². The van der Waals surface area contributed by atoms with Crippen LogP contribution in [0.2, 0.25) is 0 Å². The van der Waals surface area contributed by atoms with Crippen molar-refractivity contribution in [1.29, 1.82) is 0 Å². The highest BCUT2D eigenvalue weighted by Gasteiger charge is 2.18. The second-order valence-corrected chi connectivity index (χ2v) is 6.97. The predicted molar refractivity (Wildman–Crippen MR) is 109 cm³/mol. The van der Waals surface area contributed by atoms with Gasteiger partial charge in [0.05, 0.1) is 22.1 Å². The first-order valence-electron chi connectivity index (χ1n) is 8.65. The molecule has 2 aromatic carbocycles. The van der Waals surface area contributed by atoms with E-state index in [0.29, 0.717) is 13.0 Å². The zero-order valence-corrected chi connectivity index (χ0v) is 16.2. The fraction of sp³-hybridized carbons (Fsp3) is 0.211. The Kier molecular flexibility index (Phi) is 8.16. The van der Waals surface area contributed by atoms with Crippen molar-refractivity contribution in [3.63, 3.8) is 0 Å². The van der Waals surface area contributed by atoms with Crippen LogP contribution in [0.5, 0.6) is 0 Å². The Balaban J connectivity index is 1.76. The van der Waals surface area contributed by atoms with Gasteiger partial charge in [-0.15, -0.1) is 11.8 Å². The van der Waals surface area contributed by atoms with Gasteiger partial charge in [-0.05, 0) is 24.1 Å². The second kappa shape index (κ2) is 10.8. The average Bonchev–Trinajstić information content (AvgIpc) is 2.71. The van der Waals surface area contributed by atoms with Gasteiger partial charge in [-0.3, -0.25) is 24.5 Å². The first-order valence-corrected chi connectivity index (χ1v) is 9.63. The van der Waals surface area contributed by atoms with Crippen LogP contribution < -0.4 is 16.4 Å². The highest BCUT2D eigenvalue weighted by atomic mass is 32.2. The number of amides is 3. The molecule has 0 saturated carbocycles. The maximum atomic E-state index is 11.9. The molecule has 9 nitrogen and oxygen atoms in total. The number of thioether (sulfide) groups is 1. The molecule has 2 rings (SSSR count). The number of rotatable bonds is 10. The number of hydrogen-bond donors (Lipinski definition) is 3. The first-order chi connectivity index (χ1) is 13.9. The van der Waals surface area contributed by atoms with E-state index in [2.05, 4.69) is 10.6 Å². The lowest BCUT2D eigenvalue weighted by Crippen LogP contribution is -2.38. The van der Waals surface area contributed by atoms with Crippen molar-refractivity contribution < 1.29 is 19.3 Å². The molecule has 0 aliphatic carbocycles. The maximum absolute atomic E-state index is 11.9. The van der Waals surface area contributed by atoms with Crippen LogP contribution in [0.1, 0.15) is 15.9 Å². The smallest absolute Gasteiger partial charge is 0.283 e. The van der Waals surface area contributed by atoms with E-state index in [1.165, 1.54) is 12.1 Å². The van der Waals surface area contributed by atoms with Crippen LogP contribution in [0.15, 0.2) is 53.4 Å². The van der Waals surface area contributed by atoms with E-state index in [1.54, 1.807) is 0 Å². The van der Waals surface area contributed by atoms with Crippen LogP contribution in [0.4, 0.5) is 5.69 Å². The first kappa shape index (κ1) is 21.9. The van der Waals surface area contributed by atoms with Gasteiger partial charge in [0.25, 0.3) is 5.69 Å². The minimum atomic E-state index is -0.777. The molecule has 0 bridgehead atoms. The number of nitrogens with one attached hydrogen (secondary N) is 2. The molecule has 0 aliphatic heterocycles. The molecule has 2 aromatic rings. The number of primary amides is 1. The molecule has 10 heteroatoms. The Hall–Kier alpha value is -3.40. The molecule has 0 radical (unpaired) electrons. The van der Waals surface area contributed by atoms with Crippen LogP contribution in [0, 0.1) is 10.1 Å². The highest BCUT2D eigenvalue weighted by molar-refractivity contribution is 8.00. The minimum absolute atomic E-state index is 0.0117. The van der Waals surface area contributed by atoms with Crippen molar-refractivity contribution in [3.05, 3.63) is 69.8 Å². The third-order valence-corrected chi connectivity index (χ3v) is 4.89. The standard InChI is InChI=1S/C19H20N4O5S/c20-19(26)14-6-7-16(15(10-14)23(27)28)29-12-18(25)22-11-17(24)21-9-8-13-4-2-1-3-5-13/h1-7,10H,8-9,11-12H2,(H2,20,26)(H,21,24)(H,22,25). The van der Waals surface area contributed by atoms with Crippen LogP contribution in [-0.2, 0) is 16.0 Å². The zero-order chi connectivity index (χ0) is 21.2. The highest BCUT2D eigenvalue weighted by Crippen LogP contribution is 2.29. The van der Waals surface area contributed by atoms with Gasteiger partial charge >= 0.3 is 0 Å². The summed E-state index contributed by atoms with van der Waals surface area (Å²) in [6, 6.07) is 13.5. The molecule has 3 amide bonds. The molecular weight excluding hydrogens is 396 g/mol. The van der Waals surface area contributed by atoms with Gasteiger partial charge in [0.2, 0.25) is 17.7 Å². The lowest BCUT2D eigenvalue weighted by atomic mass is 10.1. The quantitative estimate of drug-likeness (QED) is 0.302. The van der Waals surface area contributed by atoms with Crippen molar-refractivity contribution in [2.75, 3.05) is 18.8 Å². The fourth-order valence-electron chi connectivity index (χ4n) is 2.36. The summed E-state index contributed by atoms with van der Waals surface area (Å²) < 4.78 is 0. The van der Waals surface area contributed by atoms with Gasteiger partial charge in [0, 0.05) is 18.2 Å². The van der Waals surface area contributed by atoms with E-state index in [4.69, 9.17) is 5.73 Å². The molecule has 152 valence electrons. The summed E-state index contributed by atoms with van der Waals surface area (Å²) in [6.07, 6.45) is 0.682. The summed E-state index contributed by atoms with van der Waals surface area (Å²) in [5.41, 5.74) is 5.92. The molecule has 29 heavy (non-hydrogen) atoms. The van der Waals surface area contributed by atoms with Crippen molar-refractivity contribution >= 4 is 35.2 Å². The SMILES string of the molecule is NC(=O)c1ccc(SCC(=O)NCC(=O)NCCc2ccccc2)c([N+](=O)[O-])c1. The minimum Gasteiger partial charge on any atom is -0.366 e. The number of hydrogen-bond acceptors (Lipinski definition) is 6. The normalized spacial score (nSPS) is 10.2. The third kappa shape index (κ3) is 7.26. The van der Waals surface area contributed by atoms with Gasteiger partial charge in [-0.2, -0.15) is 0 Å². The van der Waals surface area contributed by atoms with Crippen molar-refractivity contribution in [2.45, 2.75) is 11.3 Å². The zero-order valence-electron chi connectivity index (χ0n) is 15.4. The molecule has 0 saturated heterocycles. The van der Waals surface area contributed by atoms with Crippen molar-refractivity contribution in [2.24, 2.45) is 5.73 Å². The number of carbonyl (C=O) groups excluding carboxylic acids is 3. The lowest BCUT2D eigenvalue weighted by molar-refractivity contribution is -0.387. The topological polar surface area (TPSA) is 144 Å². The van der Waals surface area contributed by atoms with E-state index >= 15 is 0 Å². The van der Waals surface area contributed by atoms with Crippen LogP contribution in [0.3, 0.4) is 0 Å². The Bertz CT molecular complexity index is 905. The Labute approximate surface area is 171 Å². The Morgan fingerprint density at radius 1 is 1.03 bits per heavy atom. The monoisotopic (exact) mass is 416 g/mol. The van der Waals surface area contributed by atoms with Gasteiger partial charge < -0.3 is 16.4 Å². The molecular formula is C19H20N4O5S. The molecule has 0 heterocycles. The third-order valence-electron chi connectivity index (χ3n) is 3.82. The second-order valence-electron chi connectivity index (χ2n) is 5.95. The summed E-state index contributed by atoms with van der Waals surface area (Å²) >= 11 is 0.933. The summed E-state index contributed by atoms with van der Waals surface area (Å²) in [6.45, 7) is 0.267. The Morgan fingerprint density at radius 3 is 2.41 bits per heavy atom. The molecule has 0 fully saturated rings. The fourth-order valence-corrected chi connectivity index (χ4v) is 3.20. The predicted octanol–water partition coefficient (Wildman–Crippen LogP) is 1.26. The molecule has 0 aliphatic rings. The molecule has 0 unspecified atom stereocenters. The molecule has 4 N–H and O–H groups in total. The lowest BCUT2D eigenvalue weighted by Gasteiger charge is -2.08. The number of nitro groups is 1. The summed E-state index contributed by atoms with van der Waals surface area (Å²) in [5, 5.41) is 16.3. The summed E-state index contributed by atoms with van der Waals surface area (Å²) in [5.74, 6) is -1.66. The van der Waals surface area contributed by atoms with E-state index < -0.39 is 16.7 Å². The van der Waals surface area contributed by atoms with Crippen LogP contribution >= 0.6 is 11.8 Å². The van der Waals surface area contributed by atoms with E-state index in [9.17, 15) is 24.5 Å². The number of carbonyl (C=O) groups is 3. The van der Waals surface area contributed by atoms with Crippen LogP contribution in [-0.4, -0.2) is 41.5 Å². The van der Waals surface area contributed by atoms with Gasteiger partial charge in [-0.25, -0.2) is 0 Å². The van der Waals surface area contributed by atoms with Gasteiger partial charge in [0.1, 0.15) is 0 Å². The largest absolute Gasteiger partial charge is 0.366 e.